The number of hydrogen-bond donors (Lipinski definition) is 2. The van der Waals surface area contributed by atoms with Crippen LogP contribution in [0.5, 0.6) is 5.75 Å². The molecule has 2 aromatic rings. The number of fused-ring (bicyclic) bond motifs is 1. The van der Waals surface area contributed by atoms with Gasteiger partial charge in [0.2, 0.25) is 0 Å². The molecule has 0 spiro atoms. The highest BCUT2D eigenvalue weighted by atomic mass is 16.5. The first-order valence-corrected chi connectivity index (χ1v) is 5.11. The first-order valence-electron chi connectivity index (χ1n) is 5.11. The van der Waals surface area contributed by atoms with Crippen LogP contribution in [0.4, 0.5) is 0 Å². The molecule has 4 heteroatoms. The minimum atomic E-state index is 0.571. The highest BCUT2D eigenvalue weighted by Gasteiger charge is 2.22. The Morgan fingerprint density at radius 2 is 2.27 bits per heavy atom. The van der Waals surface area contributed by atoms with E-state index in [1.54, 1.807) is 7.11 Å². The van der Waals surface area contributed by atoms with Crippen molar-refractivity contribution in [2.24, 2.45) is 0 Å². The first-order chi connectivity index (χ1) is 7.38. The average molecular weight is 203 g/mol. The smallest absolute Gasteiger partial charge is 0.119 e. The van der Waals surface area contributed by atoms with Gasteiger partial charge in [0.05, 0.1) is 12.6 Å². The number of aromatic amines is 1. The van der Waals surface area contributed by atoms with Crippen molar-refractivity contribution >= 4 is 10.9 Å². The maximum absolute atomic E-state index is 5.22. The summed E-state index contributed by atoms with van der Waals surface area (Å²) in [5, 5.41) is 11.9. The molecule has 2 heterocycles. The van der Waals surface area contributed by atoms with E-state index in [4.69, 9.17) is 4.74 Å². The van der Waals surface area contributed by atoms with Gasteiger partial charge in [0.1, 0.15) is 5.75 Å². The minimum Gasteiger partial charge on any atom is -0.497 e. The second kappa shape index (κ2) is 3.24. The van der Waals surface area contributed by atoms with Gasteiger partial charge < -0.3 is 10.1 Å². The maximum Gasteiger partial charge on any atom is 0.119 e. The molecule has 1 aromatic heterocycles. The number of aromatic nitrogens is 2. The summed E-state index contributed by atoms with van der Waals surface area (Å²) in [6, 6.07) is 5.97. The van der Waals surface area contributed by atoms with Crippen molar-refractivity contribution in [3.05, 3.63) is 23.9 Å². The van der Waals surface area contributed by atoms with E-state index in [9.17, 15) is 0 Å². The quantitative estimate of drug-likeness (QED) is 0.772. The van der Waals surface area contributed by atoms with E-state index < -0.39 is 0 Å². The molecule has 1 saturated heterocycles. The monoisotopic (exact) mass is 203 g/mol. The third-order valence-corrected chi connectivity index (χ3v) is 2.98. The Labute approximate surface area is 87.6 Å². The Morgan fingerprint density at radius 3 is 2.93 bits per heavy atom. The van der Waals surface area contributed by atoms with Crippen molar-refractivity contribution < 1.29 is 4.74 Å². The number of methoxy groups -OCH3 is 1. The van der Waals surface area contributed by atoms with Crippen molar-refractivity contribution in [2.75, 3.05) is 20.2 Å². The van der Waals surface area contributed by atoms with Gasteiger partial charge in [0.15, 0.2) is 0 Å². The Balaban J connectivity index is 2.13. The molecule has 1 fully saturated rings. The molecule has 0 aliphatic carbocycles. The lowest BCUT2D eigenvalue weighted by atomic mass is 9.96. The molecule has 78 valence electrons. The molecule has 15 heavy (non-hydrogen) atoms. The van der Waals surface area contributed by atoms with E-state index in [0.29, 0.717) is 5.92 Å². The Bertz CT molecular complexity index is 488. The molecular weight excluding hydrogens is 190 g/mol. The molecule has 1 aromatic carbocycles. The molecular formula is C11H13N3O. The lowest BCUT2D eigenvalue weighted by molar-refractivity contribution is 0.415. The SMILES string of the molecule is COc1ccc2n[nH]c(C3CNC3)c2c1. The van der Waals surface area contributed by atoms with Crippen LogP contribution in [0.3, 0.4) is 0 Å². The normalized spacial score (nSPS) is 16.6. The molecule has 3 rings (SSSR count). The molecule has 1 aliphatic rings. The van der Waals surface area contributed by atoms with Gasteiger partial charge in [0.25, 0.3) is 0 Å². The Hall–Kier alpha value is -1.55. The van der Waals surface area contributed by atoms with E-state index in [2.05, 4.69) is 15.5 Å². The van der Waals surface area contributed by atoms with Gasteiger partial charge in [-0.3, -0.25) is 5.10 Å². The average Bonchev–Trinajstić information content (AvgIpc) is 2.59. The number of nitrogens with one attached hydrogen (secondary N) is 2. The van der Waals surface area contributed by atoms with Crippen LogP contribution < -0.4 is 10.1 Å². The van der Waals surface area contributed by atoms with Gasteiger partial charge >= 0.3 is 0 Å². The predicted molar refractivity (Wildman–Crippen MR) is 58.3 cm³/mol. The molecule has 2 N–H and O–H groups in total. The standard InChI is InChI=1S/C11H13N3O/c1-15-8-2-3-10-9(4-8)11(14-13-10)7-5-12-6-7/h2-4,7,12H,5-6H2,1H3,(H,13,14). The predicted octanol–water partition coefficient (Wildman–Crippen LogP) is 1.26. The second-order valence-corrected chi connectivity index (χ2v) is 3.88. The van der Waals surface area contributed by atoms with Gasteiger partial charge in [-0.25, -0.2) is 0 Å². The topological polar surface area (TPSA) is 49.9 Å². The summed E-state index contributed by atoms with van der Waals surface area (Å²) >= 11 is 0. The van der Waals surface area contributed by atoms with Crippen LogP contribution in [-0.2, 0) is 0 Å². The van der Waals surface area contributed by atoms with Crippen LogP contribution >= 0.6 is 0 Å². The van der Waals surface area contributed by atoms with Gasteiger partial charge in [-0.2, -0.15) is 5.10 Å². The van der Waals surface area contributed by atoms with E-state index >= 15 is 0 Å². The lowest BCUT2D eigenvalue weighted by Crippen LogP contribution is -2.40. The van der Waals surface area contributed by atoms with Crippen molar-refractivity contribution in [2.45, 2.75) is 5.92 Å². The fraction of sp³-hybridized carbons (Fsp3) is 0.364. The van der Waals surface area contributed by atoms with Crippen LogP contribution in [0.15, 0.2) is 18.2 Å². The zero-order valence-corrected chi connectivity index (χ0v) is 8.58. The van der Waals surface area contributed by atoms with Gasteiger partial charge in [-0.05, 0) is 18.2 Å². The molecule has 0 atom stereocenters. The van der Waals surface area contributed by atoms with Gasteiger partial charge in [-0.15, -0.1) is 0 Å². The van der Waals surface area contributed by atoms with Crippen molar-refractivity contribution in [3.8, 4) is 5.75 Å². The van der Waals surface area contributed by atoms with E-state index in [-0.39, 0.29) is 0 Å². The zero-order chi connectivity index (χ0) is 10.3. The van der Waals surface area contributed by atoms with Crippen molar-refractivity contribution in [1.29, 1.82) is 0 Å². The fourth-order valence-electron chi connectivity index (χ4n) is 1.94. The van der Waals surface area contributed by atoms with Crippen LogP contribution in [0.1, 0.15) is 11.6 Å². The highest BCUT2D eigenvalue weighted by Crippen LogP contribution is 2.28. The summed E-state index contributed by atoms with van der Waals surface area (Å²) in [6.07, 6.45) is 0. The number of hydrogen-bond acceptors (Lipinski definition) is 3. The van der Waals surface area contributed by atoms with Crippen LogP contribution in [0, 0.1) is 0 Å². The third-order valence-electron chi connectivity index (χ3n) is 2.98. The van der Waals surface area contributed by atoms with Crippen molar-refractivity contribution in [1.82, 2.24) is 15.5 Å². The number of rotatable bonds is 2. The number of ether oxygens (including phenoxy) is 1. The maximum atomic E-state index is 5.22. The Kier molecular flexibility index (Phi) is 1.89. The summed E-state index contributed by atoms with van der Waals surface area (Å²) in [5.74, 6) is 1.46. The third kappa shape index (κ3) is 1.29. The van der Waals surface area contributed by atoms with Crippen LogP contribution in [0.25, 0.3) is 10.9 Å². The van der Waals surface area contributed by atoms with Gasteiger partial charge in [0, 0.05) is 30.1 Å². The highest BCUT2D eigenvalue weighted by molar-refractivity contribution is 5.83. The fourth-order valence-corrected chi connectivity index (χ4v) is 1.94. The van der Waals surface area contributed by atoms with Crippen LogP contribution in [-0.4, -0.2) is 30.4 Å². The Morgan fingerprint density at radius 1 is 1.40 bits per heavy atom. The molecule has 1 aliphatic heterocycles. The van der Waals surface area contributed by atoms with E-state index in [1.807, 2.05) is 18.2 Å². The number of benzene rings is 1. The molecule has 0 saturated carbocycles. The van der Waals surface area contributed by atoms with E-state index in [0.717, 1.165) is 24.4 Å². The summed E-state index contributed by atoms with van der Waals surface area (Å²) in [5.41, 5.74) is 2.24. The second-order valence-electron chi connectivity index (χ2n) is 3.88. The summed E-state index contributed by atoms with van der Waals surface area (Å²) < 4.78 is 5.22. The van der Waals surface area contributed by atoms with E-state index in [1.165, 1.54) is 11.1 Å². The molecule has 0 radical (unpaired) electrons. The van der Waals surface area contributed by atoms with Crippen LogP contribution in [0.2, 0.25) is 0 Å². The molecule has 0 amide bonds. The zero-order valence-electron chi connectivity index (χ0n) is 8.58. The molecule has 4 nitrogen and oxygen atoms in total. The number of nitrogens with zero attached hydrogens (tertiary/aromatic N) is 1. The number of H-pyrrole nitrogens is 1. The first kappa shape index (κ1) is 8.73. The lowest BCUT2D eigenvalue weighted by Gasteiger charge is -2.26. The van der Waals surface area contributed by atoms with Crippen molar-refractivity contribution in [3.63, 3.8) is 0 Å². The summed E-state index contributed by atoms with van der Waals surface area (Å²) in [7, 11) is 1.69. The summed E-state index contributed by atoms with van der Waals surface area (Å²) in [6.45, 7) is 2.07. The largest absolute Gasteiger partial charge is 0.497 e. The summed E-state index contributed by atoms with van der Waals surface area (Å²) in [4.78, 5) is 0. The molecule has 0 bridgehead atoms. The van der Waals surface area contributed by atoms with Gasteiger partial charge in [-0.1, -0.05) is 0 Å². The molecule has 0 unspecified atom stereocenters. The minimum absolute atomic E-state index is 0.571.